The van der Waals surface area contributed by atoms with Crippen LogP contribution in [-0.4, -0.2) is 8.42 Å². The SMILES string of the molecule is Cc1cc(F)ccc1S(=O)(=O)Nc1ccc(OCc2ccccc2)cc1. The summed E-state index contributed by atoms with van der Waals surface area (Å²) in [6.07, 6.45) is 0. The molecule has 0 radical (unpaired) electrons. The summed E-state index contributed by atoms with van der Waals surface area (Å²) in [4.78, 5) is 0.0447. The molecule has 1 N–H and O–H groups in total. The first-order valence-electron chi connectivity index (χ1n) is 8.00. The Morgan fingerprint density at radius 1 is 0.962 bits per heavy atom. The molecular formula is C20H18FNO3S. The van der Waals surface area contributed by atoms with Gasteiger partial charge in [0.2, 0.25) is 0 Å². The standard InChI is InChI=1S/C20H18FNO3S/c1-15-13-17(21)7-12-20(15)26(23,24)22-18-8-10-19(11-9-18)25-14-16-5-3-2-4-6-16/h2-13,22H,14H2,1H3. The topological polar surface area (TPSA) is 55.4 Å². The predicted molar refractivity (Wildman–Crippen MR) is 99.2 cm³/mol. The number of halogens is 1. The van der Waals surface area contributed by atoms with Crippen LogP contribution in [-0.2, 0) is 16.6 Å². The zero-order valence-electron chi connectivity index (χ0n) is 14.1. The van der Waals surface area contributed by atoms with Crippen molar-refractivity contribution in [2.45, 2.75) is 18.4 Å². The Balaban J connectivity index is 1.68. The van der Waals surface area contributed by atoms with Crippen LogP contribution in [0.4, 0.5) is 10.1 Å². The Bertz CT molecular complexity index is 987. The molecule has 0 saturated heterocycles. The molecule has 0 fully saturated rings. The lowest BCUT2D eigenvalue weighted by Gasteiger charge is -2.11. The molecule has 3 aromatic carbocycles. The molecule has 0 amide bonds. The minimum Gasteiger partial charge on any atom is -0.489 e. The smallest absolute Gasteiger partial charge is 0.262 e. The zero-order valence-corrected chi connectivity index (χ0v) is 15.0. The van der Waals surface area contributed by atoms with Crippen LogP contribution in [0.2, 0.25) is 0 Å². The molecule has 0 aromatic heterocycles. The number of hydrogen-bond acceptors (Lipinski definition) is 3. The highest BCUT2D eigenvalue weighted by molar-refractivity contribution is 7.92. The fourth-order valence-electron chi connectivity index (χ4n) is 2.48. The molecule has 3 aromatic rings. The Hall–Kier alpha value is -2.86. The fraction of sp³-hybridized carbons (Fsp3) is 0.100. The predicted octanol–water partition coefficient (Wildman–Crippen LogP) is 4.51. The monoisotopic (exact) mass is 371 g/mol. The largest absolute Gasteiger partial charge is 0.489 e. The van der Waals surface area contributed by atoms with E-state index >= 15 is 0 Å². The number of benzene rings is 3. The van der Waals surface area contributed by atoms with Crippen molar-refractivity contribution in [2.24, 2.45) is 0 Å². The number of hydrogen-bond donors (Lipinski definition) is 1. The highest BCUT2D eigenvalue weighted by Crippen LogP contribution is 2.22. The number of rotatable bonds is 6. The molecule has 0 aliphatic heterocycles. The highest BCUT2D eigenvalue weighted by atomic mass is 32.2. The quantitative estimate of drug-likeness (QED) is 0.693. The second-order valence-corrected chi connectivity index (χ2v) is 7.46. The van der Waals surface area contributed by atoms with Crippen molar-refractivity contribution in [3.63, 3.8) is 0 Å². The van der Waals surface area contributed by atoms with Gasteiger partial charge in [-0.15, -0.1) is 0 Å². The number of ether oxygens (including phenoxy) is 1. The zero-order chi connectivity index (χ0) is 18.6. The van der Waals surface area contributed by atoms with E-state index in [1.54, 1.807) is 31.2 Å². The van der Waals surface area contributed by atoms with E-state index in [1.165, 1.54) is 12.1 Å². The van der Waals surface area contributed by atoms with Crippen molar-refractivity contribution in [1.29, 1.82) is 0 Å². The average molecular weight is 371 g/mol. The molecule has 4 nitrogen and oxygen atoms in total. The van der Waals surface area contributed by atoms with Gasteiger partial charge < -0.3 is 4.74 Å². The Morgan fingerprint density at radius 3 is 2.31 bits per heavy atom. The van der Waals surface area contributed by atoms with E-state index in [-0.39, 0.29) is 4.90 Å². The van der Waals surface area contributed by atoms with E-state index in [1.807, 2.05) is 30.3 Å². The molecule has 0 aliphatic carbocycles. The first-order chi connectivity index (χ1) is 12.4. The number of aryl methyl sites for hydroxylation is 1. The summed E-state index contributed by atoms with van der Waals surface area (Å²) in [7, 11) is -3.79. The third-order valence-electron chi connectivity index (χ3n) is 3.78. The number of nitrogens with one attached hydrogen (secondary N) is 1. The summed E-state index contributed by atoms with van der Waals surface area (Å²) >= 11 is 0. The minimum atomic E-state index is -3.79. The Labute approximate surface area is 152 Å². The van der Waals surface area contributed by atoms with Crippen LogP contribution in [0.5, 0.6) is 5.75 Å². The van der Waals surface area contributed by atoms with Gasteiger partial charge in [0.05, 0.1) is 4.90 Å². The van der Waals surface area contributed by atoms with Crippen LogP contribution in [0.15, 0.2) is 77.7 Å². The van der Waals surface area contributed by atoms with Crippen molar-refractivity contribution in [1.82, 2.24) is 0 Å². The summed E-state index contributed by atoms with van der Waals surface area (Å²) in [5.41, 5.74) is 1.80. The minimum absolute atomic E-state index is 0.0447. The molecule has 0 unspecified atom stereocenters. The number of sulfonamides is 1. The lowest BCUT2D eigenvalue weighted by atomic mass is 10.2. The van der Waals surface area contributed by atoms with Crippen LogP contribution in [0, 0.1) is 12.7 Å². The van der Waals surface area contributed by atoms with E-state index in [9.17, 15) is 12.8 Å². The van der Waals surface area contributed by atoms with Gasteiger partial charge in [-0.25, -0.2) is 12.8 Å². The maximum atomic E-state index is 13.2. The fourth-order valence-corrected chi connectivity index (χ4v) is 3.77. The third kappa shape index (κ3) is 4.40. The van der Waals surface area contributed by atoms with Crippen molar-refractivity contribution in [3.8, 4) is 5.75 Å². The van der Waals surface area contributed by atoms with E-state index in [0.29, 0.717) is 23.6 Å². The summed E-state index contributed by atoms with van der Waals surface area (Å²) in [5, 5.41) is 0. The first-order valence-corrected chi connectivity index (χ1v) is 9.48. The summed E-state index contributed by atoms with van der Waals surface area (Å²) < 4.78 is 46.3. The molecular weight excluding hydrogens is 353 g/mol. The Morgan fingerprint density at radius 2 is 1.65 bits per heavy atom. The maximum absolute atomic E-state index is 13.2. The van der Waals surface area contributed by atoms with Gasteiger partial charge in [-0.3, -0.25) is 4.72 Å². The summed E-state index contributed by atoms with van der Waals surface area (Å²) in [6, 6.07) is 19.9. The van der Waals surface area contributed by atoms with Gasteiger partial charge in [0, 0.05) is 5.69 Å². The van der Waals surface area contributed by atoms with E-state index < -0.39 is 15.8 Å². The molecule has 6 heteroatoms. The third-order valence-corrected chi connectivity index (χ3v) is 5.32. The molecule has 3 rings (SSSR count). The molecule has 0 saturated carbocycles. The van der Waals surface area contributed by atoms with Crippen molar-refractivity contribution in [3.05, 3.63) is 89.7 Å². The molecule has 26 heavy (non-hydrogen) atoms. The van der Waals surface area contributed by atoms with Crippen LogP contribution in [0.25, 0.3) is 0 Å². The van der Waals surface area contributed by atoms with Gasteiger partial charge in [0.1, 0.15) is 18.2 Å². The van der Waals surface area contributed by atoms with Gasteiger partial charge in [-0.1, -0.05) is 30.3 Å². The lowest BCUT2D eigenvalue weighted by molar-refractivity contribution is 0.306. The molecule has 0 aliphatic rings. The van der Waals surface area contributed by atoms with Crippen LogP contribution in [0.3, 0.4) is 0 Å². The van der Waals surface area contributed by atoms with Gasteiger partial charge in [-0.2, -0.15) is 0 Å². The molecule has 0 bridgehead atoms. The Kier molecular flexibility index (Phi) is 5.23. The average Bonchev–Trinajstić information content (AvgIpc) is 2.61. The van der Waals surface area contributed by atoms with Gasteiger partial charge in [-0.05, 0) is 60.5 Å². The lowest BCUT2D eigenvalue weighted by Crippen LogP contribution is -2.14. The highest BCUT2D eigenvalue weighted by Gasteiger charge is 2.17. The molecule has 0 atom stereocenters. The maximum Gasteiger partial charge on any atom is 0.262 e. The van der Waals surface area contributed by atoms with Crippen molar-refractivity contribution in [2.75, 3.05) is 4.72 Å². The molecule has 0 spiro atoms. The van der Waals surface area contributed by atoms with Gasteiger partial charge >= 0.3 is 0 Å². The summed E-state index contributed by atoms with van der Waals surface area (Å²) in [5.74, 6) is 0.163. The van der Waals surface area contributed by atoms with Gasteiger partial charge in [0.25, 0.3) is 10.0 Å². The molecule has 134 valence electrons. The van der Waals surface area contributed by atoms with E-state index in [4.69, 9.17) is 4.74 Å². The second-order valence-electron chi connectivity index (χ2n) is 5.81. The van der Waals surface area contributed by atoms with Gasteiger partial charge in [0.15, 0.2) is 0 Å². The summed E-state index contributed by atoms with van der Waals surface area (Å²) in [6.45, 7) is 1.98. The van der Waals surface area contributed by atoms with Crippen molar-refractivity contribution >= 4 is 15.7 Å². The van der Waals surface area contributed by atoms with Crippen LogP contribution >= 0.6 is 0 Å². The van der Waals surface area contributed by atoms with Crippen LogP contribution < -0.4 is 9.46 Å². The van der Waals surface area contributed by atoms with Crippen LogP contribution in [0.1, 0.15) is 11.1 Å². The molecule has 0 heterocycles. The van der Waals surface area contributed by atoms with Crippen molar-refractivity contribution < 1.29 is 17.5 Å². The normalized spacial score (nSPS) is 11.2. The second kappa shape index (κ2) is 7.58. The van der Waals surface area contributed by atoms with E-state index in [0.717, 1.165) is 11.6 Å². The number of anilines is 1. The van der Waals surface area contributed by atoms with E-state index in [2.05, 4.69) is 4.72 Å². The first kappa shape index (κ1) is 17.9.